The number of rotatable bonds is 7. The van der Waals surface area contributed by atoms with Crippen LogP contribution in [0.4, 0.5) is 4.39 Å². The molecule has 4 rings (SSSR count). The fraction of sp³-hybridized carbons (Fsp3) is 0.375. The molecule has 1 N–H and O–H groups in total. The number of aromatic amines is 1. The van der Waals surface area contributed by atoms with Crippen molar-refractivity contribution in [3.8, 4) is 16.9 Å². The lowest BCUT2D eigenvalue weighted by Crippen LogP contribution is -2.15. The first-order valence-electron chi connectivity index (χ1n) is 10.6. The van der Waals surface area contributed by atoms with E-state index in [4.69, 9.17) is 4.74 Å². The van der Waals surface area contributed by atoms with E-state index < -0.39 is 5.67 Å². The van der Waals surface area contributed by atoms with Crippen molar-refractivity contribution in [1.82, 2.24) is 24.6 Å². The molecule has 0 spiro atoms. The molecule has 0 saturated heterocycles. The predicted molar refractivity (Wildman–Crippen MR) is 125 cm³/mol. The minimum atomic E-state index is -1.59. The van der Waals surface area contributed by atoms with Crippen molar-refractivity contribution in [3.63, 3.8) is 0 Å². The Kier molecular flexibility index (Phi) is 5.73. The van der Waals surface area contributed by atoms with Gasteiger partial charge in [0.2, 0.25) is 0 Å². The quantitative estimate of drug-likeness (QED) is 0.442. The maximum absolute atomic E-state index is 15.2. The van der Waals surface area contributed by atoms with E-state index in [1.165, 1.54) is 18.4 Å². The Bertz CT molecular complexity index is 1320. The van der Waals surface area contributed by atoms with Gasteiger partial charge in [-0.25, -0.2) is 9.18 Å². The standard InChI is InChI=1S/C24H28FN5O2/c1-24(2,25)19-14-20-18(21-22(28-27-20)30(5)23(31)26-21)13-17(19)15-7-9-16(10-8-15)32-12-6-11-29(3)4/h7-10,13-14H,6,11-12H2,1-5H3,(H,26,31). The third-order valence-corrected chi connectivity index (χ3v) is 5.56. The second-order valence-electron chi connectivity index (χ2n) is 8.80. The van der Waals surface area contributed by atoms with Gasteiger partial charge in [0, 0.05) is 19.0 Å². The number of hydrogen-bond acceptors (Lipinski definition) is 5. The second-order valence-corrected chi connectivity index (χ2v) is 8.80. The molecule has 32 heavy (non-hydrogen) atoms. The van der Waals surface area contributed by atoms with Gasteiger partial charge < -0.3 is 14.6 Å². The van der Waals surface area contributed by atoms with Crippen LogP contribution in [-0.2, 0) is 12.7 Å². The average molecular weight is 438 g/mol. The number of aryl methyl sites for hydroxylation is 1. The van der Waals surface area contributed by atoms with Gasteiger partial charge in [0.25, 0.3) is 0 Å². The molecule has 0 fully saturated rings. The van der Waals surface area contributed by atoms with E-state index in [9.17, 15) is 4.79 Å². The minimum Gasteiger partial charge on any atom is -0.494 e. The van der Waals surface area contributed by atoms with Crippen molar-refractivity contribution >= 4 is 22.1 Å². The maximum Gasteiger partial charge on any atom is 0.327 e. The van der Waals surface area contributed by atoms with E-state index in [2.05, 4.69) is 20.1 Å². The molecule has 2 aromatic heterocycles. The van der Waals surface area contributed by atoms with Crippen LogP contribution in [-0.4, -0.2) is 51.9 Å². The van der Waals surface area contributed by atoms with Gasteiger partial charge in [-0.2, -0.15) is 0 Å². The lowest BCUT2D eigenvalue weighted by Gasteiger charge is -2.20. The summed E-state index contributed by atoms with van der Waals surface area (Å²) in [7, 11) is 5.71. The van der Waals surface area contributed by atoms with Gasteiger partial charge in [0.15, 0.2) is 5.65 Å². The monoisotopic (exact) mass is 437 g/mol. The fourth-order valence-electron chi connectivity index (χ4n) is 3.82. The topological polar surface area (TPSA) is 76.0 Å². The molecule has 8 heteroatoms. The highest BCUT2D eigenvalue weighted by Crippen LogP contribution is 2.38. The second kappa shape index (κ2) is 8.35. The molecule has 2 aromatic carbocycles. The minimum absolute atomic E-state index is 0.269. The van der Waals surface area contributed by atoms with Gasteiger partial charge in [-0.15, -0.1) is 10.2 Å². The van der Waals surface area contributed by atoms with Crippen molar-refractivity contribution < 1.29 is 9.13 Å². The zero-order chi connectivity index (χ0) is 23.0. The summed E-state index contributed by atoms with van der Waals surface area (Å²) in [4.78, 5) is 17.1. The molecule has 0 radical (unpaired) electrons. The molecule has 0 aliphatic rings. The molecular formula is C24H28FN5O2. The first-order valence-corrected chi connectivity index (χ1v) is 10.6. The highest BCUT2D eigenvalue weighted by molar-refractivity contribution is 6.02. The number of alkyl halides is 1. The molecule has 168 valence electrons. The van der Waals surface area contributed by atoms with E-state index in [0.717, 1.165) is 35.2 Å². The number of hydrogen-bond donors (Lipinski definition) is 1. The summed E-state index contributed by atoms with van der Waals surface area (Å²) >= 11 is 0. The van der Waals surface area contributed by atoms with Crippen LogP contribution in [0.3, 0.4) is 0 Å². The van der Waals surface area contributed by atoms with Crippen LogP contribution in [0.25, 0.3) is 33.2 Å². The summed E-state index contributed by atoms with van der Waals surface area (Å²) < 4.78 is 22.4. The molecular weight excluding hydrogens is 409 g/mol. The van der Waals surface area contributed by atoms with E-state index in [1.807, 2.05) is 44.4 Å². The largest absolute Gasteiger partial charge is 0.494 e. The third-order valence-electron chi connectivity index (χ3n) is 5.56. The summed E-state index contributed by atoms with van der Waals surface area (Å²) in [5, 5.41) is 9.12. The van der Waals surface area contributed by atoms with Crippen LogP contribution >= 0.6 is 0 Å². The van der Waals surface area contributed by atoms with Crippen molar-refractivity contribution in [2.45, 2.75) is 25.9 Å². The number of nitrogens with zero attached hydrogens (tertiary/aromatic N) is 4. The summed E-state index contributed by atoms with van der Waals surface area (Å²) in [6, 6.07) is 11.2. The van der Waals surface area contributed by atoms with Gasteiger partial charge in [-0.1, -0.05) is 12.1 Å². The fourth-order valence-corrected chi connectivity index (χ4v) is 3.82. The van der Waals surface area contributed by atoms with Gasteiger partial charge in [-0.05, 0) is 75.3 Å². The van der Waals surface area contributed by atoms with Gasteiger partial charge >= 0.3 is 5.69 Å². The summed E-state index contributed by atoms with van der Waals surface area (Å²) in [5.74, 6) is 0.773. The number of aromatic nitrogens is 4. The number of imidazole rings is 1. The normalized spacial score (nSPS) is 12.2. The van der Waals surface area contributed by atoms with E-state index in [-0.39, 0.29) is 5.69 Å². The van der Waals surface area contributed by atoms with Crippen LogP contribution in [0.5, 0.6) is 5.75 Å². The Morgan fingerprint density at radius 1 is 1.16 bits per heavy atom. The Morgan fingerprint density at radius 2 is 1.88 bits per heavy atom. The molecule has 0 amide bonds. The van der Waals surface area contributed by atoms with E-state index >= 15 is 4.39 Å². The SMILES string of the molecule is CN(C)CCCOc1ccc(-c2cc3c(cc2C(C)(C)F)nnc2c3[nH]c(=O)n2C)cc1. The van der Waals surface area contributed by atoms with Crippen molar-refractivity contribution in [1.29, 1.82) is 0 Å². The zero-order valence-corrected chi connectivity index (χ0v) is 19.1. The summed E-state index contributed by atoms with van der Waals surface area (Å²) in [5.41, 5.74) is 1.83. The van der Waals surface area contributed by atoms with Crippen molar-refractivity contribution in [2.75, 3.05) is 27.2 Å². The number of ether oxygens (including phenoxy) is 1. The third kappa shape index (κ3) is 4.23. The molecule has 0 saturated carbocycles. The molecule has 0 aliphatic heterocycles. The van der Waals surface area contributed by atoms with E-state index in [0.29, 0.717) is 28.9 Å². The molecule has 4 aromatic rings. The highest BCUT2D eigenvalue weighted by atomic mass is 19.1. The van der Waals surface area contributed by atoms with Crippen molar-refractivity contribution in [2.24, 2.45) is 7.05 Å². The highest BCUT2D eigenvalue weighted by Gasteiger charge is 2.25. The molecule has 0 unspecified atom stereocenters. The van der Waals surface area contributed by atoms with Crippen LogP contribution in [0.1, 0.15) is 25.8 Å². The van der Waals surface area contributed by atoms with Crippen molar-refractivity contribution in [3.05, 3.63) is 52.4 Å². The molecule has 2 heterocycles. The first-order chi connectivity index (χ1) is 15.1. The predicted octanol–water partition coefficient (Wildman–Crippen LogP) is 4.01. The smallest absolute Gasteiger partial charge is 0.327 e. The molecule has 7 nitrogen and oxygen atoms in total. The summed E-state index contributed by atoms with van der Waals surface area (Å²) in [6.45, 7) is 4.64. The Hall–Kier alpha value is -3.26. The van der Waals surface area contributed by atoms with Crippen LogP contribution in [0.15, 0.2) is 41.2 Å². The zero-order valence-electron chi connectivity index (χ0n) is 19.1. The average Bonchev–Trinajstić information content (AvgIpc) is 3.04. The number of halogens is 1. The molecule has 0 aliphatic carbocycles. The van der Waals surface area contributed by atoms with Gasteiger partial charge in [-0.3, -0.25) is 4.57 Å². The Balaban J connectivity index is 1.77. The molecule has 0 bridgehead atoms. The Labute approximate surface area is 185 Å². The Morgan fingerprint density at radius 3 is 2.53 bits per heavy atom. The number of nitrogens with one attached hydrogen (secondary N) is 1. The lowest BCUT2D eigenvalue weighted by atomic mass is 9.89. The lowest BCUT2D eigenvalue weighted by molar-refractivity contribution is 0.222. The van der Waals surface area contributed by atoms with E-state index in [1.54, 1.807) is 13.1 Å². The van der Waals surface area contributed by atoms with Crippen LogP contribution in [0.2, 0.25) is 0 Å². The number of benzene rings is 2. The first kappa shape index (κ1) is 22.0. The number of fused-ring (bicyclic) bond motifs is 3. The number of H-pyrrole nitrogens is 1. The van der Waals surface area contributed by atoms with Gasteiger partial charge in [0.1, 0.15) is 11.4 Å². The maximum atomic E-state index is 15.2. The van der Waals surface area contributed by atoms with Gasteiger partial charge in [0.05, 0.1) is 17.6 Å². The summed E-state index contributed by atoms with van der Waals surface area (Å²) in [6.07, 6.45) is 0.936. The molecule has 0 atom stereocenters. The van der Waals surface area contributed by atoms with Crippen LogP contribution in [0, 0.1) is 0 Å². The van der Waals surface area contributed by atoms with Crippen LogP contribution < -0.4 is 10.4 Å².